The average Bonchev–Trinajstić information content (AvgIpc) is 2.62. The van der Waals surface area contributed by atoms with Crippen molar-refractivity contribution in [2.45, 2.75) is 50.6 Å². The van der Waals surface area contributed by atoms with Crippen LogP contribution in [0.15, 0.2) is 53.4 Å². The maximum Gasteiger partial charge on any atom is 0.415 e. The second-order valence-electron chi connectivity index (χ2n) is 7.59. The van der Waals surface area contributed by atoms with E-state index >= 15 is 0 Å². The van der Waals surface area contributed by atoms with Crippen molar-refractivity contribution in [2.24, 2.45) is 0 Å². The number of nitrogens with zero attached hydrogens (tertiary/aromatic N) is 1. The lowest BCUT2D eigenvalue weighted by atomic mass is 10.1. The molecule has 3 nitrogen and oxygen atoms in total. The molecule has 0 aliphatic rings. The molecule has 0 heterocycles. The van der Waals surface area contributed by atoms with Gasteiger partial charge in [0.05, 0.1) is 8.07 Å². The fraction of sp³-hybridized carbons (Fsp3) is 0.409. The molecule has 0 saturated heterocycles. The van der Waals surface area contributed by atoms with Crippen LogP contribution in [0, 0.1) is 0 Å². The fourth-order valence-corrected chi connectivity index (χ4v) is 5.49. The molecule has 0 bridgehead atoms. The molecule has 0 N–H and O–H groups in total. The zero-order valence-electron chi connectivity index (χ0n) is 17.3. The van der Waals surface area contributed by atoms with Crippen molar-refractivity contribution in [1.29, 1.82) is 0 Å². The molecule has 0 saturated carbocycles. The highest BCUT2D eigenvalue weighted by molar-refractivity contribution is 7.99. The number of ether oxygens (including phenoxy) is 1. The number of hydrogen-bond acceptors (Lipinski definition) is 3. The number of rotatable bonds is 7. The molecule has 0 aromatic heterocycles. The predicted octanol–water partition coefficient (Wildman–Crippen LogP) is 5.93. The van der Waals surface area contributed by atoms with Gasteiger partial charge in [0.1, 0.15) is 5.75 Å². The molecule has 0 fully saturated rings. The van der Waals surface area contributed by atoms with E-state index in [0.29, 0.717) is 13.1 Å². The van der Waals surface area contributed by atoms with Crippen LogP contribution >= 0.6 is 11.8 Å². The summed E-state index contributed by atoms with van der Waals surface area (Å²) < 4.78 is 6.01. The van der Waals surface area contributed by atoms with Gasteiger partial charge in [-0.25, -0.2) is 4.79 Å². The maximum absolute atomic E-state index is 12.7. The SMILES string of the molecule is CCN(CC)C(=O)Oc1c([C@H](C)Sc2ccccc2)cccc1[Si](C)(C)C. The summed E-state index contributed by atoms with van der Waals surface area (Å²) in [6.07, 6.45) is -0.260. The topological polar surface area (TPSA) is 29.5 Å². The molecule has 27 heavy (non-hydrogen) atoms. The van der Waals surface area contributed by atoms with Crippen molar-refractivity contribution < 1.29 is 9.53 Å². The first kappa shape index (κ1) is 21.6. The molecular formula is C22H31NO2SSi. The Morgan fingerprint density at radius 3 is 2.22 bits per heavy atom. The van der Waals surface area contributed by atoms with Crippen molar-refractivity contribution in [3.8, 4) is 5.75 Å². The number of carbonyl (C=O) groups excluding carboxylic acids is 1. The first-order chi connectivity index (χ1) is 12.8. The third-order valence-corrected chi connectivity index (χ3v) is 7.72. The number of carbonyl (C=O) groups is 1. The molecule has 5 heteroatoms. The van der Waals surface area contributed by atoms with Gasteiger partial charge in [-0.05, 0) is 38.1 Å². The number of benzene rings is 2. The molecule has 0 radical (unpaired) electrons. The molecule has 2 rings (SSSR count). The molecular weight excluding hydrogens is 370 g/mol. The Morgan fingerprint density at radius 2 is 1.67 bits per heavy atom. The van der Waals surface area contributed by atoms with E-state index < -0.39 is 8.07 Å². The molecule has 2 aromatic carbocycles. The number of thioether (sulfide) groups is 1. The second kappa shape index (κ2) is 9.47. The van der Waals surface area contributed by atoms with Gasteiger partial charge < -0.3 is 9.64 Å². The Labute approximate surface area is 169 Å². The Bertz CT molecular complexity index is 755. The maximum atomic E-state index is 12.7. The molecule has 0 aliphatic carbocycles. The summed E-state index contributed by atoms with van der Waals surface area (Å²) in [7, 11) is -1.67. The summed E-state index contributed by atoms with van der Waals surface area (Å²) in [5, 5.41) is 1.38. The first-order valence-corrected chi connectivity index (χ1v) is 14.0. The third-order valence-electron chi connectivity index (χ3n) is 4.56. The van der Waals surface area contributed by atoms with Crippen LogP contribution in [-0.2, 0) is 0 Å². The van der Waals surface area contributed by atoms with E-state index in [-0.39, 0.29) is 11.3 Å². The highest BCUT2D eigenvalue weighted by Crippen LogP contribution is 2.39. The van der Waals surface area contributed by atoms with Crippen LogP contribution in [0.3, 0.4) is 0 Å². The number of para-hydroxylation sites is 1. The van der Waals surface area contributed by atoms with E-state index in [0.717, 1.165) is 11.3 Å². The van der Waals surface area contributed by atoms with Crippen LogP contribution in [0.1, 0.15) is 31.6 Å². The fourth-order valence-electron chi connectivity index (χ4n) is 2.98. The monoisotopic (exact) mass is 401 g/mol. The summed E-state index contributed by atoms with van der Waals surface area (Å²) in [6, 6.07) is 16.7. The molecule has 146 valence electrons. The van der Waals surface area contributed by atoms with Gasteiger partial charge in [-0.2, -0.15) is 0 Å². The van der Waals surface area contributed by atoms with E-state index in [1.165, 1.54) is 10.1 Å². The molecule has 0 aliphatic heterocycles. The van der Waals surface area contributed by atoms with Crippen molar-refractivity contribution in [3.63, 3.8) is 0 Å². The lowest BCUT2D eigenvalue weighted by Crippen LogP contribution is -2.41. The van der Waals surface area contributed by atoms with Crippen molar-refractivity contribution >= 4 is 31.1 Å². The first-order valence-electron chi connectivity index (χ1n) is 9.59. The van der Waals surface area contributed by atoms with Crippen LogP contribution in [0.25, 0.3) is 0 Å². The molecule has 0 spiro atoms. The second-order valence-corrected chi connectivity index (χ2v) is 14.0. The van der Waals surface area contributed by atoms with Crippen LogP contribution in [-0.4, -0.2) is 32.2 Å². The average molecular weight is 402 g/mol. The van der Waals surface area contributed by atoms with Crippen molar-refractivity contribution in [2.75, 3.05) is 13.1 Å². The third kappa shape index (κ3) is 5.63. The van der Waals surface area contributed by atoms with Gasteiger partial charge in [0.25, 0.3) is 0 Å². The summed E-state index contributed by atoms with van der Waals surface area (Å²) in [6.45, 7) is 14.3. The van der Waals surface area contributed by atoms with E-state index in [4.69, 9.17) is 4.74 Å². The Kier molecular flexibility index (Phi) is 7.56. The number of hydrogen-bond donors (Lipinski definition) is 0. The molecule has 0 unspecified atom stereocenters. The van der Waals surface area contributed by atoms with Gasteiger partial charge in [-0.15, -0.1) is 11.8 Å². The Balaban J connectivity index is 2.42. The van der Waals surface area contributed by atoms with Crippen LogP contribution < -0.4 is 9.92 Å². The largest absolute Gasteiger partial charge is 0.415 e. The van der Waals surface area contributed by atoms with E-state index in [1.807, 2.05) is 19.9 Å². The minimum atomic E-state index is -1.67. The summed E-state index contributed by atoms with van der Waals surface area (Å²) in [4.78, 5) is 15.6. The molecule has 1 atom stereocenters. The lowest BCUT2D eigenvalue weighted by molar-refractivity contribution is 0.157. The van der Waals surface area contributed by atoms with Gasteiger partial charge in [-0.1, -0.05) is 56.0 Å². The summed E-state index contributed by atoms with van der Waals surface area (Å²) >= 11 is 1.79. The zero-order chi connectivity index (χ0) is 20.0. The van der Waals surface area contributed by atoms with Gasteiger partial charge in [0.15, 0.2) is 0 Å². The Morgan fingerprint density at radius 1 is 1.04 bits per heavy atom. The minimum absolute atomic E-state index is 0.184. The van der Waals surface area contributed by atoms with Gasteiger partial charge in [0, 0.05) is 28.8 Å². The normalized spacial score (nSPS) is 12.5. The molecule has 2 aromatic rings. The van der Waals surface area contributed by atoms with Crippen molar-refractivity contribution in [1.82, 2.24) is 4.90 Å². The lowest BCUT2D eigenvalue weighted by Gasteiger charge is -2.26. The van der Waals surface area contributed by atoms with Crippen LogP contribution in [0.4, 0.5) is 4.79 Å². The standard InChI is InChI=1S/C22H31NO2SSi/c1-7-23(8-2)22(24)25-21-19(15-12-16-20(21)27(4,5)6)17(3)26-18-13-10-9-11-14-18/h9-17H,7-8H2,1-6H3/t17-/m0/s1. The van der Waals surface area contributed by atoms with Gasteiger partial charge in [-0.3, -0.25) is 0 Å². The smallest absolute Gasteiger partial charge is 0.410 e. The van der Waals surface area contributed by atoms with Crippen LogP contribution in [0.2, 0.25) is 19.6 Å². The van der Waals surface area contributed by atoms with E-state index in [9.17, 15) is 4.79 Å². The van der Waals surface area contributed by atoms with Crippen LogP contribution in [0.5, 0.6) is 5.75 Å². The highest BCUT2D eigenvalue weighted by Gasteiger charge is 2.27. The van der Waals surface area contributed by atoms with Crippen molar-refractivity contribution in [3.05, 3.63) is 54.1 Å². The number of amides is 1. The Hall–Kier alpha value is -1.72. The van der Waals surface area contributed by atoms with Gasteiger partial charge in [0.2, 0.25) is 0 Å². The van der Waals surface area contributed by atoms with E-state index in [2.05, 4.69) is 69.0 Å². The summed E-state index contributed by atoms with van der Waals surface area (Å²) in [5.74, 6) is 0.768. The minimum Gasteiger partial charge on any atom is -0.410 e. The zero-order valence-corrected chi connectivity index (χ0v) is 19.1. The summed E-state index contributed by atoms with van der Waals surface area (Å²) in [5.41, 5.74) is 1.09. The quantitative estimate of drug-likeness (QED) is 0.426. The highest BCUT2D eigenvalue weighted by atomic mass is 32.2. The predicted molar refractivity (Wildman–Crippen MR) is 119 cm³/mol. The molecule has 1 amide bonds. The van der Waals surface area contributed by atoms with E-state index in [1.54, 1.807) is 16.7 Å². The van der Waals surface area contributed by atoms with Gasteiger partial charge >= 0.3 is 6.09 Å².